The van der Waals surface area contributed by atoms with Gasteiger partial charge in [0.25, 0.3) is 5.56 Å². The molecule has 1 saturated carbocycles. The molecule has 3 aromatic rings. The van der Waals surface area contributed by atoms with Crippen molar-refractivity contribution in [1.82, 2.24) is 4.98 Å². The average Bonchev–Trinajstić information content (AvgIpc) is 2.75. The number of benzene rings is 2. The summed E-state index contributed by atoms with van der Waals surface area (Å²) in [7, 11) is 0. The summed E-state index contributed by atoms with van der Waals surface area (Å²) in [5.74, 6) is -0.626. The highest BCUT2D eigenvalue weighted by molar-refractivity contribution is 6.32. The van der Waals surface area contributed by atoms with Crippen molar-refractivity contribution >= 4 is 22.4 Å². The molecule has 0 unspecified atom stereocenters. The van der Waals surface area contributed by atoms with Gasteiger partial charge in [-0.3, -0.25) is 4.79 Å². The predicted octanol–water partition coefficient (Wildman–Crippen LogP) is 5.46. The van der Waals surface area contributed by atoms with Crippen molar-refractivity contribution < 1.29 is 13.5 Å². The summed E-state index contributed by atoms with van der Waals surface area (Å²) in [6.07, 6.45) is 4.73. The third kappa shape index (κ3) is 4.06. The number of aromatic nitrogens is 1. The molecule has 4 rings (SSSR count). The Morgan fingerprint density at radius 3 is 2.65 bits per heavy atom. The molecule has 1 aromatic heterocycles. The van der Waals surface area contributed by atoms with Crippen LogP contribution in [0, 0.1) is 11.6 Å². The Morgan fingerprint density at radius 2 is 1.97 bits per heavy atom. The molecule has 0 bridgehead atoms. The fourth-order valence-corrected chi connectivity index (χ4v) is 5.01. The van der Waals surface area contributed by atoms with E-state index in [1.54, 1.807) is 24.4 Å². The minimum atomic E-state index is -0.594. The molecule has 2 aromatic carbocycles. The van der Waals surface area contributed by atoms with Gasteiger partial charge in [0.15, 0.2) is 0 Å². The van der Waals surface area contributed by atoms with Crippen LogP contribution in [0.4, 0.5) is 8.78 Å². The lowest BCUT2D eigenvalue weighted by molar-refractivity contribution is 0.102. The van der Waals surface area contributed by atoms with Gasteiger partial charge in [-0.25, -0.2) is 8.78 Å². The number of ether oxygens (including phenoxy) is 1. The number of nitrogens with two attached hydrogens (primary N) is 1. The van der Waals surface area contributed by atoms with Crippen molar-refractivity contribution in [3.05, 3.63) is 75.2 Å². The number of nitrogens with one attached hydrogen (secondary N) is 1. The van der Waals surface area contributed by atoms with E-state index in [1.807, 2.05) is 6.92 Å². The summed E-state index contributed by atoms with van der Waals surface area (Å²) in [4.78, 5) is 14.6. The highest BCUT2D eigenvalue weighted by atomic mass is 35.5. The molecule has 0 aliphatic heterocycles. The van der Waals surface area contributed by atoms with Gasteiger partial charge in [-0.2, -0.15) is 0 Å². The van der Waals surface area contributed by atoms with Gasteiger partial charge in [-0.1, -0.05) is 24.6 Å². The van der Waals surface area contributed by atoms with Gasteiger partial charge in [0.05, 0.1) is 11.1 Å². The van der Waals surface area contributed by atoms with E-state index in [2.05, 4.69) is 4.98 Å². The van der Waals surface area contributed by atoms with E-state index in [4.69, 9.17) is 22.1 Å². The van der Waals surface area contributed by atoms with Crippen molar-refractivity contribution in [2.75, 3.05) is 0 Å². The number of hydrogen-bond donors (Lipinski definition) is 2. The molecule has 1 aliphatic carbocycles. The molecule has 0 saturated heterocycles. The van der Waals surface area contributed by atoms with Crippen LogP contribution in [0.5, 0.6) is 5.75 Å². The first-order chi connectivity index (χ1) is 14.8. The van der Waals surface area contributed by atoms with Crippen molar-refractivity contribution in [2.24, 2.45) is 5.73 Å². The number of pyridine rings is 1. The largest absolute Gasteiger partial charge is 0.489 e. The molecular formula is C24H25ClF2N2O2. The molecule has 1 aliphatic rings. The summed E-state index contributed by atoms with van der Waals surface area (Å²) in [6, 6.07) is 8.68. The molecule has 3 N–H and O–H groups in total. The Labute approximate surface area is 184 Å². The van der Waals surface area contributed by atoms with Crippen LogP contribution in [0.1, 0.15) is 44.6 Å². The maximum Gasteiger partial charge on any atom is 0.255 e. The van der Waals surface area contributed by atoms with Gasteiger partial charge in [-0.15, -0.1) is 0 Å². The zero-order valence-electron chi connectivity index (χ0n) is 17.3. The lowest BCUT2D eigenvalue weighted by Gasteiger charge is -2.44. The third-order valence-electron chi connectivity index (χ3n) is 6.56. The number of hydrogen-bond acceptors (Lipinski definition) is 3. The smallest absolute Gasteiger partial charge is 0.255 e. The quantitative estimate of drug-likeness (QED) is 0.547. The highest BCUT2D eigenvalue weighted by Crippen LogP contribution is 2.45. The third-order valence-corrected chi connectivity index (χ3v) is 6.86. The van der Waals surface area contributed by atoms with Crippen molar-refractivity contribution in [1.29, 1.82) is 0 Å². The Balaban J connectivity index is 1.57. The normalized spacial score (nSPS) is 22.4. The molecular weight excluding hydrogens is 422 g/mol. The minimum Gasteiger partial charge on any atom is -0.489 e. The minimum absolute atomic E-state index is 0.113. The van der Waals surface area contributed by atoms with Crippen LogP contribution in [-0.2, 0) is 5.41 Å². The highest BCUT2D eigenvalue weighted by Gasteiger charge is 2.43. The zero-order chi connectivity index (χ0) is 22.2. The van der Waals surface area contributed by atoms with Crippen molar-refractivity contribution in [2.45, 2.75) is 56.6 Å². The maximum absolute atomic E-state index is 14.7. The molecule has 0 radical (unpaired) electrons. The first-order valence-electron chi connectivity index (χ1n) is 10.5. The van der Waals surface area contributed by atoms with Gasteiger partial charge < -0.3 is 15.5 Å². The SMILES string of the molecule is CC[C@H](N)C1(c2ccc(F)cc2F)CCC(Oc2cc3cc[nH]c(=O)c3cc2Cl)CC1. The molecule has 1 atom stereocenters. The van der Waals surface area contributed by atoms with Crippen LogP contribution in [0.25, 0.3) is 10.8 Å². The fourth-order valence-electron chi connectivity index (χ4n) is 4.81. The molecule has 7 heteroatoms. The number of halogens is 3. The van der Waals surface area contributed by atoms with Crippen molar-refractivity contribution in [3.8, 4) is 5.75 Å². The number of rotatable bonds is 5. The summed E-state index contributed by atoms with van der Waals surface area (Å²) < 4.78 is 34.3. The van der Waals surface area contributed by atoms with E-state index in [0.29, 0.717) is 53.8 Å². The van der Waals surface area contributed by atoms with Crippen LogP contribution in [0.3, 0.4) is 0 Å². The van der Waals surface area contributed by atoms with Crippen LogP contribution >= 0.6 is 11.6 Å². The Bertz CT molecular complexity index is 1160. The van der Waals surface area contributed by atoms with E-state index in [9.17, 15) is 13.6 Å². The van der Waals surface area contributed by atoms with Crippen LogP contribution in [0.2, 0.25) is 5.02 Å². The summed E-state index contributed by atoms with van der Waals surface area (Å²) >= 11 is 6.37. The Kier molecular flexibility index (Phi) is 6.04. The molecule has 1 heterocycles. The van der Waals surface area contributed by atoms with Gasteiger partial charge in [0.2, 0.25) is 0 Å². The standard InChI is InChI=1S/C24H25ClF2N2O2/c1-2-22(28)24(18-4-3-15(26)12-20(18)27)8-5-16(6-9-24)31-21-11-14-7-10-29-23(30)17(14)13-19(21)25/h3-4,7,10-13,16,22H,2,5-6,8-9,28H2,1H3,(H,29,30)/t16?,22-,24?/m0/s1. The number of fused-ring (bicyclic) bond motifs is 1. The second kappa shape index (κ2) is 8.60. The molecule has 4 nitrogen and oxygen atoms in total. The van der Waals surface area contributed by atoms with Gasteiger partial charge in [-0.05, 0) is 67.3 Å². The second-order valence-electron chi connectivity index (χ2n) is 8.29. The van der Waals surface area contributed by atoms with E-state index >= 15 is 0 Å². The van der Waals surface area contributed by atoms with E-state index in [-0.39, 0.29) is 17.7 Å². The van der Waals surface area contributed by atoms with E-state index in [0.717, 1.165) is 11.5 Å². The topological polar surface area (TPSA) is 68.1 Å². The first-order valence-corrected chi connectivity index (χ1v) is 10.9. The van der Waals surface area contributed by atoms with Crippen LogP contribution in [-0.4, -0.2) is 17.1 Å². The lowest BCUT2D eigenvalue weighted by atomic mass is 9.63. The first kappa shape index (κ1) is 21.8. The Morgan fingerprint density at radius 1 is 1.23 bits per heavy atom. The van der Waals surface area contributed by atoms with E-state index < -0.39 is 17.0 Å². The molecule has 1 fully saturated rings. The monoisotopic (exact) mass is 446 g/mol. The molecule has 31 heavy (non-hydrogen) atoms. The van der Waals surface area contributed by atoms with Crippen molar-refractivity contribution in [3.63, 3.8) is 0 Å². The maximum atomic E-state index is 14.7. The lowest BCUT2D eigenvalue weighted by Crippen LogP contribution is -2.49. The summed E-state index contributed by atoms with van der Waals surface area (Å²) in [5.41, 5.74) is 6.17. The molecule has 0 amide bonds. The van der Waals surface area contributed by atoms with Gasteiger partial charge >= 0.3 is 0 Å². The van der Waals surface area contributed by atoms with Crippen LogP contribution < -0.4 is 16.0 Å². The van der Waals surface area contributed by atoms with Gasteiger partial charge in [0.1, 0.15) is 17.4 Å². The average molecular weight is 447 g/mol. The fraction of sp³-hybridized carbons (Fsp3) is 0.375. The van der Waals surface area contributed by atoms with E-state index in [1.165, 1.54) is 12.1 Å². The number of aromatic amines is 1. The zero-order valence-corrected chi connectivity index (χ0v) is 18.0. The summed E-state index contributed by atoms with van der Waals surface area (Å²) in [6.45, 7) is 1.98. The predicted molar refractivity (Wildman–Crippen MR) is 119 cm³/mol. The summed E-state index contributed by atoms with van der Waals surface area (Å²) in [5, 5.41) is 1.62. The Hall–Kier alpha value is -2.44. The molecule has 0 spiro atoms. The van der Waals surface area contributed by atoms with Crippen LogP contribution in [0.15, 0.2) is 47.4 Å². The molecule has 164 valence electrons. The second-order valence-corrected chi connectivity index (χ2v) is 8.70. The van der Waals surface area contributed by atoms with Gasteiger partial charge in [0, 0.05) is 29.1 Å². The number of H-pyrrole nitrogens is 1.